The molecule has 1 N–H and O–H groups in total. The van der Waals surface area contributed by atoms with Crippen LogP contribution in [-0.2, 0) is 0 Å². The molecular weight excluding hydrogens is 222 g/mol. The molecule has 2 atom stereocenters. The van der Waals surface area contributed by atoms with Crippen LogP contribution < -0.4 is 5.32 Å². The lowest BCUT2D eigenvalue weighted by Gasteiger charge is -2.37. The average molecular weight is 255 g/mol. The molecule has 3 heteroatoms. The van der Waals surface area contributed by atoms with E-state index in [0.717, 1.165) is 6.04 Å². The number of rotatable bonds is 8. The second-order valence-electron chi connectivity index (χ2n) is 5.64. The largest absolute Gasteiger partial charge is 0.316 e. The molecule has 108 valence electrons. The second kappa shape index (κ2) is 8.89. The number of hydrogen-bond donors (Lipinski definition) is 1. The molecule has 0 spiro atoms. The lowest BCUT2D eigenvalue weighted by Crippen LogP contribution is -2.48. The summed E-state index contributed by atoms with van der Waals surface area (Å²) in [4.78, 5) is 5.20. The Labute approximate surface area is 114 Å². The number of piperidine rings is 1. The van der Waals surface area contributed by atoms with Gasteiger partial charge in [-0.05, 0) is 65.8 Å². The molecular formula is C15H33N3. The van der Waals surface area contributed by atoms with Gasteiger partial charge in [-0.3, -0.25) is 4.90 Å². The highest BCUT2D eigenvalue weighted by molar-refractivity contribution is 4.80. The summed E-state index contributed by atoms with van der Waals surface area (Å²) in [6.07, 6.45) is 5.38. The van der Waals surface area contributed by atoms with Crippen molar-refractivity contribution in [2.24, 2.45) is 0 Å². The molecule has 0 aromatic heterocycles. The van der Waals surface area contributed by atoms with Crippen molar-refractivity contribution in [1.82, 2.24) is 15.1 Å². The van der Waals surface area contributed by atoms with Crippen LogP contribution in [0.15, 0.2) is 0 Å². The highest BCUT2D eigenvalue weighted by Gasteiger charge is 2.22. The van der Waals surface area contributed by atoms with Crippen molar-refractivity contribution >= 4 is 0 Å². The topological polar surface area (TPSA) is 18.5 Å². The highest BCUT2D eigenvalue weighted by atomic mass is 15.2. The summed E-state index contributed by atoms with van der Waals surface area (Å²) < 4.78 is 0. The van der Waals surface area contributed by atoms with Crippen molar-refractivity contribution < 1.29 is 0 Å². The summed E-state index contributed by atoms with van der Waals surface area (Å²) in [6, 6.07) is 1.46. The molecule has 0 aliphatic carbocycles. The third-order valence-electron chi connectivity index (χ3n) is 4.48. The Balaban J connectivity index is 2.21. The molecule has 1 fully saturated rings. The lowest BCUT2D eigenvalue weighted by molar-refractivity contribution is 0.138. The Morgan fingerprint density at radius 3 is 2.67 bits per heavy atom. The van der Waals surface area contributed by atoms with Crippen molar-refractivity contribution in [2.75, 3.05) is 39.8 Å². The monoisotopic (exact) mass is 255 g/mol. The van der Waals surface area contributed by atoms with E-state index in [1.165, 1.54) is 58.4 Å². The van der Waals surface area contributed by atoms with Crippen molar-refractivity contribution in [2.45, 2.75) is 58.5 Å². The van der Waals surface area contributed by atoms with E-state index in [2.05, 4.69) is 42.9 Å². The molecule has 1 aliphatic heterocycles. The molecule has 0 aromatic carbocycles. The molecule has 1 heterocycles. The first-order valence-corrected chi connectivity index (χ1v) is 7.84. The summed E-state index contributed by atoms with van der Waals surface area (Å²) in [6.45, 7) is 13.1. The predicted molar refractivity (Wildman–Crippen MR) is 80.1 cm³/mol. The fourth-order valence-corrected chi connectivity index (χ4v) is 2.98. The normalized spacial score (nSPS) is 23.5. The van der Waals surface area contributed by atoms with Gasteiger partial charge in [-0.2, -0.15) is 0 Å². The van der Waals surface area contributed by atoms with Gasteiger partial charge in [0.15, 0.2) is 0 Å². The second-order valence-corrected chi connectivity index (χ2v) is 5.64. The third-order valence-corrected chi connectivity index (χ3v) is 4.48. The summed E-state index contributed by atoms with van der Waals surface area (Å²) in [5, 5.41) is 3.43. The summed E-state index contributed by atoms with van der Waals surface area (Å²) in [5.41, 5.74) is 0. The molecule has 0 bridgehead atoms. The number of likely N-dealkylation sites (tertiary alicyclic amines) is 1. The van der Waals surface area contributed by atoms with Crippen LogP contribution >= 0.6 is 0 Å². The maximum atomic E-state index is 3.43. The minimum Gasteiger partial charge on any atom is -0.316 e. The SMILES string of the molecule is CCN(CC)CCCC(C)N1CCCC(NC)C1. The molecule has 0 aromatic rings. The predicted octanol–water partition coefficient (Wildman–Crippen LogP) is 2.18. The van der Waals surface area contributed by atoms with Gasteiger partial charge >= 0.3 is 0 Å². The summed E-state index contributed by atoms with van der Waals surface area (Å²) >= 11 is 0. The van der Waals surface area contributed by atoms with E-state index in [9.17, 15) is 0 Å². The fraction of sp³-hybridized carbons (Fsp3) is 1.00. The Bertz CT molecular complexity index is 204. The zero-order valence-corrected chi connectivity index (χ0v) is 12.9. The number of nitrogens with zero attached hydrogens (tertiary/aromatic N) is 2. The first-order valence-electron chi connectivity index (χ1n) is 7.84. The first kappa shape index (κ1) is 15.9. The van der Waals surface area contributed by atoms with E-state index in [0.29, 0.717) is 6.04 Å². The van der Waals surface area contributed by atoms with Crippen LogP contribution in [0.2, 0.25) is 0 Å². The van der Waals surface area contributed by atoms with Crippen LogP contribution in [-0.4, -0.2) is 61.7 Å². The number of nitrogens with one attached hydrogen (secondary N) is 1. The van der Waals surface area contributed by atoms with Crippen molar-refractivity contribution in [3.8, 4) is 0 Å². The van der Waals surface area contributed by atoms with Crippen LogP contribution in [0.4, 0.5) is 0 Å². The van der Waals surface area contributed by atoms with Gasteiger partial charge in [0.2, 0.25) is 0 Å². The van der Waals surface area contributed by atoms with E-state index in [1.54, 1.807) is 0 Å². The zero-order valence-electron chi connectivity index (χ0n) is 12.9. The minimum atomic E-state index is 0.712. The molecule has 0 amide bonds. The molecule has 1 rings (SSSR count). The number of likely N-dealkylation sites (N-methyl/N-ethyl adjacent to an activating group) is 1. The Morgan fingerprint density at radius 2 is 2.06 bits per heavy atom. The van der Waals surface area contributed by atoms with Crippen LogP contribution in [0.5, 0.6) is 0 Å². The fourth-order valence-electron chi connectivity index (χ4n) is 2.98. The van der Waals surface area contributed by atoms with Crippen molar-refractivity contribution in [3.05, 3.63) is 0 Å². The van der Waals surface area contributed by atoms with E-state index < -0.39 is 0 Å². The molecule has 1 aliphatic rings. The Hall–Kier alpha value is -0.120. The first-order chi connectivity index (χ1) is 8.71. The maximum Gasteiger partial charge on any atom is 0.0192 e. The van der Waals surface area contributed by atoms with Gasteiger partial charge in [-0.25, -0.2) is 0 Å². The van der Waals surface area contributed by atoms with Gasteiger partial charge < -0.3 is 10.2 Å². The lowest BCUT2D eigenvalue weighted by atomic mass is 10.0. The molecule has 18 heavy (non-hydrogen) atoms. The van der Waals surface area contributed by atoms with E-state index in [-0.39, 0.29) is 0 Å². The Morgan fingerprint density at radius 1 is 1.33 bits per heavy atom. The minimum absolute atomic E-state index is 0.712. The van der Waals surface area contributed by atoms with Gasteiger partial charge in [0.05, 0.1) is 0 Å². The van der Waals surface area contributed by atoms with Crippen molar-refractivity contribution in [1.29, 1.82) is 0 Å². The standard InChI is InChI=1S/C15H33N3/c1-5-17(6-2)11-7-9-14(3)18-12-8-10-15(13-18)16-4/h14-16H,5-13H2,1-4H3. The van der Waals surface area contributed by atoms with Crippen molar-refractivity contribution in [3.63, 3.8) is 0 Å². The van der Waals surface area contributed by atoms with Gasteiger partial charge in [-0.1, -0.05) is 13.8 Å². The van der Waals surface area contributed by atoms with Crippen LogP contribution in [0, 0.1) is 0 Å². The number of hydrogen-bond acceptors (Lipinski definition) is 3. The maximum absolute atomic E-state index is 3.43. The third kappa shape index (κ3) is 5.25. The Kier molecular flexibility index (Phi) is 7.87. The van der Waals surface area contributed by atoms with E-state index in [1.807, 2.05) is 0 Å². The molecule has 3 nitrogen and oxygen atoms in total. The zero-order chi connectivity index (χ0) is 13.4. The average Bonchev–Trinajstić information content (AvgIpc) is 2.43. The smallest absolute Gasteiger partial charge is 0.0192 e. The van der Waals surface area contributed by atoms with Crippen LogP contribution in [0.1, 0.15) is 46.5 Å². The molecule has 2 unspecified atom stereocenters. The van der Waals surface area contributed by atoms with Gasteiger partial charge in [0, 0.05) is 18.6 Å². The van der Waals surface area contributed by atoms with Crippen LogP contribution in [0.3, 0.4) is 0 Å². The quantitative estimate of drug-likeness (QED) is 0.717. The van der Waals surface area contributed by atoms with Crippen LogP contribution in [0.25, 0.3) is 0 Å². The van der Waals surface area contributed by atoms with E-state index in [4.69, 9.17) is 0 Å². The summed E-state index contributed by atoms with van der Waals surface area (Å²) in [5.74, 6) is 0. The molecule has 0 saturated carbocycles. The molecule has 0 radical (unpaired) electrons. The van der Waals surface area contributed by atoms with Gasteiger partial charge in [-0.15, -0.1) is 0 Å². The highest BCUT2D eigenvalue weighted by Crippen LogP contribution is 2.15. The van der Waals surface area contributed by atoms with Gasteiger partial charge in [0.1, 0.15) is 0 Å². The van der Waals surface area contributed by atoms with E-state index >= 15 is 0 Å². The van der Waals surface area contributed by atoms with Gasteiger partial charge in [0.25, 0.3) is 0 Å². The summed E-state index contributed by atoms with van der Waals surface area (Å²) in [7, 11) is 2.10. The molecule has 1 saturated heterocycles.